The SMILES string of the molecule is CC(C)(C)c1ccc(N(c2ccc(C(C)(C)C)cc2)c2cc3c(c4oc5ccccc5c24)-c2c(cc(N(c4ccc(C(C)(C)C)cc4)c4ccc(C(C)(C)C)cc4)c4c2oc2ccccc24)C32c3ccccc3-n3c4ccccc4c4cccc2c43)cc1. The number of hydrogen-bond acceptors (Lipinski definition) is 4. The highest BCUT2D eigenvalue weighted by Crippen LogP contribution is 2.67. The van der Waals surface area contributed by atoms with Gasteiger partial charge in [0.25, 0.3) is 0 Å². The summed E-state index contributed by atoms with van der Waals surface area (Å²) in [5.41, 5.74) is 23.9. The van der Waals surface area contributed by atoms with Gasteiger partial charge in [-0.2, -0.15) is 0 Å². The van der Waals surface area contributed by atoms with Crippen molar-refractivity contribution < 1.29 is 8.83 Å². The number of aromatic nitrogens is 1. The molecule has 1 aliphatic heterocycles. The van der Waals surface area contributed by atoms with Crippen LogP contribution in [0.2, 0.25) is 0 Å². The molecule has 11 aromatic carbocycles. The van der Waals surface area contributed by atoms with Crippen LogP contribution >= 0.6 is 0 Å². The number of para-hydroxylation sites is 5. The lowest BCUT2D eigenvalue weighted by Gasteiger charge is -2.40. The molecule has 5 nitrogen and oxygen atoms in total. The first kappa shape index (κ1) is 53.9. The number of rotatable bonds is 6. The number of furan rings is 2. The molecule has 0 fully saturated rings. The quantitative estimate of drug-likeness (QED) is 0.166. The molecule has 0 amide bonds. The van der Waals surface area contributed by atoms with Gasteiger partial charge in [-0.15, -0.1) is 0 Å². The molecule has 0 bridgehead atoms. The van der Waals surface area contributed by atoms with Crippen molar-refractivity contribution >= 4 is 99.8 Å². The minimum atomic E-state index is -0.954. The summed E-state index contributed by atoms with van der Waals surface area (Å²) in [6.45, 7) is 27.5. The van der Waals surface area contributed by atoms with E-state index in [9.17, 15) is 0 Å². The Morgan fingerprint density at radius 1 is 0.330 bits per heavy atom. The monoisotopic (exact) mass is 1140 g/mol. The van der Waals surface area contributed by atoms with Crippen LogP contribution in [-0.2, 0) is 27.1 Å². The van der Waals surface area contributed by atoms with Gasteiger partial charge in [0, 0.05) is 55.4 Å². The van der Waals surface area contributed by atoms with Crippen LogP contribution in [0, 0.1) is 0 Å². The van der Waals surface area contributed by atoms with Gasteiger partial charge in [-0.3, -0.25) is 0 Å². The molecule has 4 heterocycles. The van der Waals surface area contributed by atoms with Crippen molar-refractivity contribution in [2.24, 2.45) is 0 Å². The molecule has 1 spiro atoms. The Hall–Kier alpha value is -9.58. The summed E-state index contributed by atoms with van der Waals surface area (Å²) in [5, 5.41) is 6.62. The van der Waals surface area contributed by atoms with E-state index in [1.807, 2.05) is 0 Å². The van der Waals surface area contributed by atoms with E-state index in [-0.39, 0.29) is 21.7 Å². The van der Waals surface area contributed by atoms with Crippen LogP contribution in [0.15, 0.2) is 233 Å². The first-order valence-electron chi connectivity index (χ1n) is 31.3. The van der Waals surface area contributed by atoms with Gasteiger partial charge in [0.2, 0.25) is 0 Å². The molecule has 0 radical (unpaired) electrons. The van der Waals surface area contributed by atoms with Crippen molar-refractivity contribution in [3.05, 3.63) is 269 Å². The predicted molar refractivity (Wildman–Crippen MR) is 370 cm³/mol. The molecule has 432 valence electrons. The molecule has 0 N–H and O–H groups in total. The third-order valence-electron chi connectivity index (χ3n) is 19.4. The molecule has 14 aromatic rings. The Morgan fingerprint density at radius 3 is 1.10 bits per heavy atom. The molecular formula is C83H73N3O2. The van der Waals surface area contributed by atoms with Crippen LogP contribution in [0.1, 0.15) is 128 Å². The highest BCUT2D eigenvalue weighted by atomic mass is 16.3. The van der Waals surface area contributed by atoms with Crippen LogP contribution in [0.4, 0.5) is 34.1 Å². The predicted octanol–water partition coefficient (Wildman–Crippen LogP) is 23.4. The van der Waals surface area contributed by atoms with Crippen molar-refractivity contribution in [3.63, 3.8) is 0 Å². The maximum atomic E-state index is 7.69. The summed E-state index contributed by atoms with van der Waals surface area (Å²) in [5.74, 6) is 0. The Balaban J connectivity index is 1.11. The van der Waals surface area contributed by atoms with E-state index in [0.717, 1.165) is 106 Å². The lowest BCUT2D eigenvalue weighted by Crippen LogP contribution is -2.34. The second kappa shape index (κ2) is 18.7. The van der Waals surface area contributed by atoms with Gasteiger partial charge >= 0.3 is 0 Å². The topological polar surface area (TPSA) is 37.7 Å². The second-order valence-corrected chi connectivity index (χ2v) is 28.9. The molecule has 88 heavy (non-hydrogen) atoms. The third-order valence-corrected chi connectivity index (χ3v) is 19.4. The largest absolute Gasteiger partial charge is 0.455 e. The molecular weight excluding hydrogens is 1070 g/mol. The molecule has 0 unspecified atom stereocenters. The van der Waals surface area contributed by atoms with Crippen molar-refractivity contribution in [1.82, 2.24) is 4.57 Å². The van der Waals surface area contributed by atoms with E-state index in [0.29, 0.717) is 0 Å². The van der Waals surface area contributed by atoms with Crippen molar-refractivity contribution in [2.45, 2.75) is 110 Å². The van der Waals surface area contributed by atoms with Crippen LogP contribution in [0.25, 0.3) is 82.5 Å². The highest BCUT2D eigenvalue weighted by Gasteiger charge is 2.54. The van der Waals surface area contributed by atoms with Crippen molar-refractivity contribution in [3.8, 4) is 16.8 Å². The molecule has 2 aliphatic rings. The van der Waals surface area contributed by atoms with Gasteiger partial charge in [0.1, 0.15) is 22.3 Å². The van der Waals surface area contributed by atoms with Crippen LogP contribution in [-0.4, -0.2) is 4.57 Å². The van der Waals surface area contributed by atoms with Gasteiger partial charge < -0.3 is 23.2 Å². The molecule has 0 atom stereocenters. The van der Waals surface area contributed by atoms with Crippen molar-refractivity contribution in [1.29, 1.82) is 0 Å². The molecule has 1 aliphatic carbocycles. The van der Waals surface area contributed by atoms with E-state index in [4.69, 9.17) is 8.83 Å². The van der Waals surface area contributed by atoms with Crippen LogP contribution < -0.4 is 9.80 Å². The standard InChI is InChI=1S/C83H73N3O2/c1-79(2,3)50-32-40-54(41-33-50)84(55-42-34-51(35-43-55)80(4,5)6)68-48-64-74(77-72(68)60-23-14-19-30-70(60)87-77)75-65(83(64)62-26-16-18-29-67(62)86-66-28-17-13-22-58(66)59-25-21-27-63(83)76(59)86)49-69(73-61-24-15-20-31-71(61)88-78(73)75)85(56-44-36-52(37-45-56)81(7,8)9)57-46-38-53(39-47-57)82(10,11)12/h13-49H,1-12H3. The Labute approximate surface area is 516 Å². The van der Waals surface area contributed by atoms with E-state index >= 15 is 0 Å². The fraction of sp³-hybridized carbons (Fsp3) is 0.205. The molecule has 3 aromatic heterocycles. The first-order valence-corrected chi connectivity index (χ1v) is 31.3. The average Bonchev–Trinajstić information content (AvgIpc) is 1.47. The fourth-order valence-corrected chi connectivity index (χ4v) is 14.9. The highest BCUT2D eigenvalue weighted by molar-refractivity contribution is 6.26. The van der Waals surface area contributed by atoms with E-state index in [2.05, 4.69) is 322 Å². The summed E-state index contributed by atoms with van der Waals surface area (Å²) in [6.07, 6.45) is 0. The summed E-state index contributed by atoms with van der Waals surface area (Å²) >= 11 is 0. The smallest absolute Gasteiger partial charge is 0.145 e. The fourth-order valence-electron chi connectivity index (χ4n) is 14.9. The normalized spacial score (nSPS) is 13.8. The zero-order valence-electron chi connectivity index (χ0n) is 52.5. The Morgan fingerprint density at radius 2 is 0.682 bits per heavy atom. The van der Waals surface area contributed by atoms with Crippen molar-refractivity contribution in [2.75, 3.05) is 9.80 Å². The zero-order valence-corrected chi connectivity index (χ0v) is 52.5. The second-order valence-electron chi connectivity index (χ2n) is 28.9. The summed E-state index contributed by atoms with van der Waals surface area (Å²) in [6, 6.07) is 84.7. The first-order chi connectivity index (χ1) is 42.2. The van der Waals surface area contributed by atoms with E-state index in [1.54, 1.807) is 0 Å². The van der Waals surface area contributed by atoms with Crippen LogP contribution in [0.5, 0.6) is 0 Å². The Bertz CT molecular complexity index is 4800. The number of fused-ring (bicyclic) bond motifs is 20. The number of anilines is 6. The van der Waals surface area contributed by atoms with E-state index < -0.39 is 5.41 Å². The summed E-state index contributed by atoms with van der Waals surface area (Å²) < 4.78 is 17.9. The minimum absolute atomic E-state index is 0.0441. The maximum Gasteiger partial charge on any atom is 0.145 e. The van der Waals surface area contributed by atoms with E-state index in [1.165, 1.54) is 55.2 Å². The van der Waals surface area contributed by atoms with Gasteiger partial charge in [0.15, 0.2) is 0 Å². The molecule has 0 saturated carbocycles. The van der Waals surface area contributed by atoms with Gasteiger partial charge in [0.05, 0.1) is 44.3 Å². The number of benzene rings is 11. The molecule has 5 heteroatoms. The zero-order chi connectivity index (χ0) is 60.6. The molecule has 16 rings (SSSR count). The maximum absolute atomic E-state index is 7.69. The van der Waals surface area contributed by atoms with Crippen LogP contribution in [0.3, 0.4) is 0 Å². The minimum Gasteiger partial charge on any atom is -0.455 e. The number of nitrogens with zero attached hydrogens (tertiary/aromatic N) is 3. The van der Waals surface area contributed by atoms with Gasteiger partial charge in [-0.05, 0) is 151 Å². The third kappa shape index (κ3) is 7.78. The summed E-state index contributed by atoms with van der Waals surface area (Å²) in [7, 11) is 0. The summed E-state index contributed by atoms with van der Waals surface area (Å²) in [4.78, 5) is 5.00. The number of hydrogen-bond donors (Lipinski definition) is 0. The lowest BCUT2D eigenvalue weighted by atomic mass is 9.65. The van der Waals surface area contributed by atoms with Gasteiger partial charge in [-0.25, -0.2) is 0 Å². The Kier molecular flexibility index (Phi) is 11.5. The average molecular weight is 1140 g/mol. The molecule has 0 saturated heterocycles. The van der Waals surface area contributed by atoms with Gasteiger partial charge in [-0.1, -0.05) is 223 Å². The lowest BCUT2D eigenvalue weighted by molar-refractivity contribution is 0.590.